The van der Waals surface area contributed by atoms with E-state index in [1.165, 1.54) is 0 Å². The van der Waals surface area contributed by atoms with Crippen LogP contribution in [0.25, 0.3) is 0 Å². The molecule has 2 amide bonds. The Hall–Kier alpha value is -1.10. The summed E-state index contributed by atoms with van der Waals surface area (Å²) in [6.45, 7) is 3.71. The molecule has 0 aliphatic carbocycles. The van der Waals surface area contributed by atoms with Gasteiger partial charge in [0.05, 0.1) is 0 Å². The molecule has 5 heteroatoms. The summed E-state index contributed by atoms with van der Waals surface area (Å²) in [6, 6.07) is -0.653. The van der Waals surface area contributed by atoms with Crippen LogP contribution in [0.3, 0.4) is 0 Å². The fourth-order valence-corrected chi connectivity index (χ4v) is 1.82. The summed E-state index contributed by atoms with van der Waals surface area (Å²) in [5.41, 5.74) is 0. The zero-order valence-corrected chi connectivity index (χ0v) is 7.54. The lowest BCUT2D eigenvalue weighted by atomic mass is 10.1. The van der Waals surface area contributed by atoms with Gasteiger partial charge in [-0.25, -0.2) is 0 Å². The summed E-state index contributed by atoms with van der Waals surface area (Å²) < 4.78 is 0. The van der Waals surface area contributed by atoms with Crippen LogP contribution in [0.5, 0.6) is 0 Å². The van der Waals surface area contributed by atoms with Gasteiger partial charge in [0.15, 0.2) is 0 Å². The zero-order valence-electron chi connectivity index (χ0n) is 7.54. The van der Waals surface area contributed by atoms with Gasteiger partial charge in [-0.05, 0) is 6.92 Å². The van der Waals surface area contributed by atoms with Crippen LogP contribution in [0, 0.1) is 0 Å². The third kappa shape index (κ3) is 1.29. The van der Waals surface area contributed by atoms with E-state index in [-0.39, 0.29) is 23.9 Å². The van der Waals surface area contributed by atoms with E-state index in [2.05, 4.69) is 10.6 Å². The molecule has 0 unspecified atom stereocenters. The minimum Gasteiger partial charge on any atom is -0.343 e. The number of carbonyl (C=O) groups is 2. The summed E-state index contributed by atoms with van der Waals surface area (Å²) in [4.78, 5) is 24.7. The van der Waals surface area contributed by atoms with Crippen molar-refractivity contribution < 1.29 is 9.59 Å². The van der Waals surface area contributed by atoms with E-state index in [4.69, 9.17) is 0 Å². The maximum Gasteiger partial charge on any atom is 0.245 e. The van der Waals surface area contributed by atoms with Crippen LogP contribution in [0.2, 0.25) is 0 Å². The third-order valence-corrected chi connectivity index (χ3v) is 2.56. The monoisotopic (exact) mass is 183 g/mol. The number of hydrogen-bond donors (Lipinski definition) is 2. The van der Waals surface area contributed by atoms with Gasteiger partial charge in [-0.1, -0.05) is 0 Å². The number of piperazine rings is 2. The van der Waals surface area contributed by atoms with E-state index in [1.807, 2.05) is 0 Å². The minimum absolute atomic E-state index is 0.0334. The standard InChI is InChI=1S/C8H13N3O2/c1-5-8(13)11-3-2-9-4-6(11)7(12)10-5/h5-6,9H,2-4H2,1H3,(H,10,12)/t5-,6+/m1/s1. The maximum atomic E-state index is 11.6. The average Bonchev–Trinajstić information content (AvgIpc) is 2.15. The molecule has 2 atom stereocenters. The van der Waals surface area contributed by atoms with Crippen LogP contribution in [-0.4, -0.2) is 48.4 Å². The molecule has 0 bridgehead atoms. The van der Waals surface area contributed by atoms with Crippen molar-refractivity contribution in [2.45, 2.75) is 19.0 Å². The van der Waals surface area contributed by atoms with Gasteiger partial charge in [-0.2, -0.15) is 0 Å². The lowest BCUT2D eigenvalue weighted by molar-refractivity contribution is -0.149. The first kappa shape index (κ1) is 8.50. The minimum atomic E-state index is -0.359. The molecule has 2 fully saturated rings. The van der Waals surface area contributed by atoms with Crippen LogP contribution in [0.1, 0.15) is 6.92 Å². The van der Waals surface area contributed by atoms with Gasteiger partial charge in [0, 0.05) is 19.6 Å². The first-order valence-corrected chi connectivity index (χ1v) is 4.52. The Morgan fingerprint density at radius 1 is 1.46 bits per heavy atom. The fourth-order valence-electron chi connectivity index (χ4n) is 1.82. The molecule has 2 aliphatic heterocycles. The van der Waals surface area contributed by atoms with Crippen molar-refractivity contribution in [1.29, 1.82) is 0 Å². The van der Waals surface area contributed by atoms with Gasteiger partial charge in [0.2, 0.25) is 11.8 Å². The molecular weight excluding hydrogens is 170 g/mol. The first-order valence-electron chi connectivity index (χ1n) is 4.52. The van der Waals surface area contributed by atoms with Gasteiger partial charge in [-0.3, -0.25) is 9.59 Å². The second kappa shape index (κ2) is 2.99. The lowest BCUT2D eigenvalue weighted by Gasteiger charge is -2.40. The number of nitrogens with zero attached hydrogens (tertiary/aromatic N) is 1. The quantitative estimate of drug-likeness (QED) is 0.471. The van der Waals surface area contributed by atoms with Crippen molar-refractivity contribution in [3.63, 3.8) is 0 Å². The SMILES string of the molecule is C[C@H]1NC(=O)[C@@H]2CNCCN2C1=O. The molecule has 0 radical (unpaired) electrons. The lowest BCUT2D eigenvalue weighted by Crippen LogP contribution is -2.68. The number of nitrogens with one attached hydrogen (secondary N) is 2. The first-order chi connectivity index (χ1) is 6.20. The zero-order chi connectivity index (χ0) is 9.42. The molecule has 5 nitrogen and oxygen atoms in total. The second-order valence-electron chi connectivity index (χ2n) is 3.48. The Labute approximate surface area is 76.5 Å². The van der Waals surface area contributed by atoms with Gasteiger partial charge >= 0.3 is 0 Å². The van der Waals surface area contributed by atoms with E-state index >= 15 is 0 Å². The Bertz CT molecular complexity index is 254. The van der Waals surface area contributed by atoms with Crippen molar-refractivity contribution in [1.82, 2.24) is 15.5 Å². The Morgan fingerprint density at radius 3 is 3.00 bits per heavy atom. The molecule has 0 aromatic rings. The molecule has 2 aliphatic rings. The molecule has 2 N–H and O–H groups in total. The van der Waals surface area contributed by atoms with Crippen LogP contribution < -0.4 is 10.6 Å². The highest BCUT2D eigenvalue weighted by Crippen LogP contribution is 2.11. The molecule has 0 aromatic heterocycles. The van der Waals surface area contributed by atoms with Gasteiger partial charge in [-0.15, -0.1) is 0 Å². The van der Waals surface area contributed by atoms with E-state index < -0.39 is 0 Å². The van der Waals surface area contributed by atoms with Crippen molar-refractivity contribution in [2.24, 2.45) is 0 Å². The smallest absolute Gasteiger partial charge is 0.245 e. The molecule has 0 saturated carbocycles. The number of hydrogen-bond acceptors (Lipinski definition) is 3. The molecule has 2 saturated heterocycles. The highest BCUT2D eigenvalue weighted by Gasteiger charge is 2.39. The van der Waals surface area contributed by atoms with Gasteiger partial charge in [0.1, 0.15) is 12.1 Å². The second-order valence-corrected chi connectivity index (χ2v) is 3.48. The number of rotatable bonds is 0. The highest BCUT2D eigenvalue weighted by atomic mass is 16.2. The van der Waals surface area contributed by atoms with Crippen LogP contribution in [0.4, 0.5) is 0 Å². The largest absolute Gasteiger partial charge is 0.343 e. The Kier molecular flexibility index (Phi) is 1.95. The van der Waals surface area contributed by atoms with Crippen molar-refractivity contribution in [2.75, 3.05) is 19.6 Å². The molecule has 2 rings (SSSR count). The van der Waals surface area contributed by atoms with Crippen molar-refractivity contribution in [3.8, 4) is 0 Å². The molecular formula is C8H13N3O2. The van der Waals surface area contributed by atoms with Crippen LogP contribution in [-0.2, 0) is 9.59 Å². The number of carbonyl (C=O) groups excluding carboxylic acids is 2. The van der Waals surface area contributed by atoms with Gasteiger partial charge in [0.25, 0.3) is 0 Å². The van der Waals surface area contributed by atoms with Crippen molar-refractivity contribution >= 4 is 11.8 Å². The predicted molar refractivity (Wildman–Crippen MR) is 46.0 cm³/mol. The normalized spacial score (nSPS) is 34.1. The number of fused-ring (bicyclic) bond motifs is 1. The summed E-state index contributed by atoms with van der Waals surface area (Å²) >= 11 is 0. The fraction of sp³-hybridized carbons (Fsp3) is 0.750. The van der Waals surface area contributed by atoms with Crippen LogP contribution >= 0.6 is 0 Å². The molecule has 0 spiro atoms. The summed E-state index contributed by atoms with van der Waals surface area (Å²) in [5, 5.41) is 5.75. The average molecular weight is 183 g/mol. The topological polar surface area (TPSA) is 61.4 Å². The molecule has 13 heavy (non-hydrogen) atoms. The molecule has 72 valence electrons. The highest BCUT2D eigenvalue weighted by molar-refractivity contribution is 5.97. The van der Waals surface area contributed by atoms with Crippen LogP contribution in [0.15, 0.2) is 0 Å². The predicted octanol–water partition coefficient (Wildman–Crippen LogP) is -1.69. The van der Waals surface area contributed by atoms with Gasteiger partial charge < -0.3 is 15.5 Å². The Balaban J connectivity index is 2.19. The van der Waals surface area contributed by atoms with E-state index in [1.54, 1.807) is 11.8 Å². The maximum absolute atomic E-state index is 11.6. The third-order valence-electron chi connectivity index (χ3n) is 2.56. The summed E-state index contributed by atoms with van der Waals surface area (Å²) in [5.74, 6) is -0.00889. The summed E-state index contributed by atoms with van der Waals surface area (Å²) in [6.07, 6.45) is 0. The van der Waals surface area contributed by atoms with E-state index in [9.17, 15) is 9.59 Å². The summed E-state index contributed by atoms with van der Waals surface area (Å²) in [7, 11) is 0. The van der Waals surface area contributed by atoms with Crippen molar-refractivity contribution in [3.05, 3.63) is 0 Å². The Morgan fingerprint density at radius 2 is 2.23 bits per heavy atom. The molecule has 0 aromatic carbocycles. The number of amides is 2. The molecule has 2 heterocycles. The van der Waals surface area contributed by atoms with E-state index in [0.717, 1.165) is 6.54 Å². The van der Waals surface area contributed by atoms with E-state index in [0.29, 0.717) is 13.1 Å².